The molecule has 0 saturated heterocycles. The zero-order valence-electron chi connectivity index (χ0n) is 7.73. The van der Waals surface area contributed by atoms with Crippen LogP contribution in [0.15, 0.2) is 18.3 Å². The molecular formula is C9H12N4. The molecular weight excluding hydrogens is 164 g/mol. The summed E-state index contributed by atoms with van der Waals surface area (Å²) >= 11 is 0. The van der Waals surface area contributed by atoms with Gasteiger partial charge in [-0.2, -0.15) is 0 Å². The summed E-state index contributed by atoms with van der Waals surface area (Å²) in [5, 5.41) is 7.86. The van der Waals surface area contributed by atoms with Crippen LogP contribution in [0.5, 0.6) is 0 Å². The monoisotopic (exact) mass is 176 g/mol. The molecule has 4 heteroatoms. The van der Waals surface area contributed by atoms with Gasteiger partial charge in [-0.25, -0.2) is 0 Å². The van der Waals surface area contributed by atoms with Gasteiger partial charge in [0, 0.05) is 6.20 Å². The number of pyridine rings is 1. The number of hydrogen-bond donors (Lipinski definition) is 1. The molecule has 0 amide bonds. The van der Waals surface area contributed by atoms with Crippen molar-refractivity contribution in [1.29, 1.82) is 0 Å². The van der Waals surface area contributed by atoms with E-state index in [9.17, 15) is 0 Å². The van der Waals surface area contributed by atoms with Crippen LogP contribution >= 0.6 is 0 Å². The molecule has 13 heavy (non-hydrogen) atoms. The number of fused-ring (bicyclic) bond motifs is 1. The van der Waals surface area contributed by atoms with E-state index >= 15 is 0 Å². The van der Waals surface area contributed by atoms with Crippen molar-refractivity contribution in [2.24, 2.45) is 0 Å². The third kappa shape index (κ3) is 1.14. The Bertz CT molecular complexity index is 430. The Balaban J connectivity index is 2.77. The first kappa shape index (κ1) is 8.04. The lowest BCUT2D eigenvalue weighted by molar-refractivity contribution is 0.862. The molecule has 0 aromatic carbocycles. The third-order valence-corrected chi connectivity index (χ3v) is 2.11. The first-order valence-electron chi connectivity index (χ1n) is 4.29. The van der Waals surface area contributed by atoms with Crippen molar-refractivity contribution in [3.05, 3.63) is 23.9 Å². The molecule has 0 saturated carbocycles. The second-order valence-corrected chi connectivity index (χ2v) is 3.37. The minimum Gasteiger partial charge on any atom is -0.368 e. The molecule has 2 heterocycles. The van der Waals surface area contributed by atoms with Crippen molar-refractivity contribution in [2.45, 2.75) is 19.8 Å². The number of nitrogens with two attached hydrogens (primary N) is 1. The summed E-state index contributed by atoms with van der Waals surface area (Å²) in [6, 6.07) is 4.01. The lowest BCUT2D eigenvalue weighted by Crippen LogP contribution is -1.96. The fraction of sp³-hybridized carbons (Fsp3) is 0.333. The summed E-state index contributed by atoms with van der Waals surface area (Å²) < 4.78 is 1.80. The van der Waals surface area contributed by atoms with E-state index in [1.54, 1.807) is 4.40 Å². The van der Waals surface area contributed by atoms with Crippen molar-refractivity contribution < 1.29 is 0 Å². The van der Waals surface area contributed by atoms with Crippen LogP contribution in [0.2, 0.25) is 0 Å². The van der Waals surface area contributed by atoms with E-state index < -0.39 is 0 Å². The zero-order valence-corrected chi connectivity index (χ0v) is 7.73. The number of anilines is 1. The molecule has 0 atom stereocenters. The topological polar surface area (TPSA) is 56.2 Å². The Labute approximate surface area is 76.4 Å². The van der Waals surface area contributed by atoms with Crippen LogP contribution in [0, 0.1) is 0 Å². The Kier molecular flexibility index (Phi) is 1.69. The van der Waals surface area contributed by atoms with E-state index in [0.29, 0.717) is 11.9 Å². The Hall–Kier alpha value is -1.58. The highest BCUT2D eigenvalue weighted by atomic mass is 15.3. The van der Waals surface area contributed by atoms with Gasteiger partial charge in [0.25, 0.3) is 0 Å². The highest BCUT2D eigenvalue weighted by Crippen LogP contribution is 2.19. The van der Waals surface area contributed by atoms with E-state index in [2.05, 4.69) is 24.0 Å². The highest BCUT2D eigenvalue weighted by Gasteiger charge is 2.08. The zero-order chi connectivity index (χ0) is 9.42. The first-order valence-corrected chi connectivity index (χ1v) is 4.29. The van der Waals surface area contributed by atoms with Crippen LogP contribution in [0.25, 0.3) is 5.65 Å². The van der Waals surface area contributed by atoms with Crippen LogP contribution in [-0.2, 0) is 0 Å². The molecule has 0 aliphatic carbocycles. The number of nitrogens with zero attached hydrogens (tertiary/aromatic N) is 3. The normalized spacial score (nSPS) is 11.3. The molecule has 0 spiro atoms. The van der Waals surface area contributed by atoms with Gasteiger partial charge >= 0.3 is 0 Å². The average Bonchev–Trinajstić information content (AvgIpc) is 2.48. The quantitative estimate of drug-likeness (QED) is 0.715. The molecule has 2 N–H and O–H groups in total. The minimum absolute atomic E-state index is 0.437. The predicted molar refractivity (Wildman–Crippen MR) is 51.5 cm³/mol. The van der Waals surface area contributed by atoms with Gasteiger partial charge < -0.3 is 5.73 Å². The second kappa shape index (κ2) is 2.73. The molecule has 0 fully saturated rings. The van der Waals surface area contributed by atoms with Gasteiger partial charge in [0.15, 0.2) is 5.65 Å². The van der Waals surface area contributed by atoms with Crippen LogP contribution in [0.3, 0.4) is 0 Å². The van der Waals surface area contributed by atoms with Crippen LogP contribution in [0.4, 0.5) is 5.95 Å². The number of aromatic nitrogens is 3. The Morgan fingerprint density at radius 2 is 2.15 bits per heavy atom. The maximum atomic E-state index is 5.63. The molecule has 2 aromatic heterocycles. The van der Waals surface area contributed by atoms with Crippen molar-refractivity contribution in [1.82, 2.24) is 14.6 Å². The fourth-order valence-corrected chi connectivity index (χ4v) is 1.41. The lowest BCUT2D eigenvalue weighted by atomic mass is 10.1. The van der Waals surface area contributed by atoms with Crippen LogP contribution < -0.4 is 5.73 Å². The molecule has 2 aromatic rings. The van der Waals surface area contributed by atoms with Crippen molar-refractivity contribution in [2.75, 3.05) is 5.73 Å². The largest absolute Gasteiger partial charge is 0.368 e. The van der Waals surface area contributed by atoms with Gasteiger partial charge in [-0.05, 0) is 17.5 Å². The van der Waals surface area contributed by atoms with E-state index in [4.69, 9.17) is 5.73 Å². The van der Waals surface area contributed by atoms with E-state index in [1.165, 1.54) is 5.56 Å². The molecule has 0 unspecified atom stereocenters. The molecule has 2 rings (SSSR count). The van der Waals surface area contributed by atoms with Crippen LogP contribution in [-0.4, -0.2) is 14.6 Å². The minimum atomic E-state index is 0.437. The number of rotatable bonds is 1. The lowest BCUT2D eigenvalue weighted by Gasteiger charge is -2.05. The number of hydrogen-bond acceptors (Lipinski definition) is 3. The Morgan fingerprint density at radius 1 is 1.38 bits per heavy atom. The van der Waals surface area contributed by atoms with E-state index in [0.717, 1.165) is 5.65 Å². The third-order valence-electron chi connectivity index (χ3n) is 2.11. The summed E-state index contributed by atoms with van der Waals surface area (Å²) in [5.41, 5.74) is 7.66. The van der Waals surface area contributed by atoms with E-state index in [1.807, 2.05) is 18.3 Å². The molecule has 4 nitrogen and oxygen atoms in total. The predicted octanol–water partition coefficient (Wildman–Crippen LogP) is 1.43. The van der Waals surface area contributed by atoms with Crippen LogP contribution in [0.1, 0.15) is 25.3 Å². The average molecular weight is 176 g/mol. The summed E-state index contributed by atoms with van der Waals surface area (Å²) in [7, 11) is 0. The molecule has 0 radical (unpaired) electrons. The summed E-state index contributed by atoms with van der Waals surface area (Å²) in [6.45, 7) is 4.25. The van der Waals surface area contributed by atoms with Gasteiger partial charge in [-0.1, -0.05) is 19.9 Å². The maximum absolute atomic E-state index is 5.63. The smallest absolute Gasteiger partial charge is 0.226 e. The standard InChI is InChI=1S/C9H12N4/c1-6(2)7-4-3-5-13-8(7)11-12-9(13)10/h3-6H,1-2H3,(H2,10,12). The second-order valence-electron chi connectivity index (χ2n) is 3.37. The molecule has 68 valence electrons. The first-order chi connectivity index (χ1) is 6.20. The number of nitrogen functional groups attached to an aromatic ring is 1. The summed E-state index contributed by atoms with van der Waals surface area (Å²) in [4.78, 5) is 0. The van der Waals surface area contributed by atoms with Gasteiger partial charge in [0.05, 0.1) is 0 Å². The van der Waals surface area contributed by atoms with Gasteiger partial charge in [0.1, 0.15) is 0 Å². The van der Waals surface area contributed by atoms with Gasteiger partial charge in [-0.3, -0.25) is 4.40 Å². The fourth-order valence-electron chi connectivity index (χ4n) is 1.41. The van der Waals surface area contributed by atoms with Gasteiger partial charge in [-0.15, -0.1) is 10.2 Å². The van der Waals surface area contributed by atoms with Crippen molar-refractivity contribution in [3.8, 4) is 0 Å². The Morgan fingerprint density at radius 3 is 2.85 bits per heavy atom. The SMILES string of the molecule is CC(C)c1cccn2c(N)nnc12. The highest BCUT2D eigenvalue weighted by molar-refractivity contribution is 5.52. The van der Waals surface area contributed by atoms with Gasteiger partial charge in [0.2, 0.25) is 5.95 Å². The summed E-state index contributed by atoms with van der Waals surface area (Å²) in [5.74, 6) is 0.879. The molecule has 0 bridgehead atoms. The van der Waals surface area contributed by atoms with E-state index in [-0.39, 0.29) is 0 Å². The van der Waals surface area contributed by atoms with Crippen molar-refractivity contribution in [3.63, 3.8) is 0 Å². The maximum Gasteiger partial charge on any atom is 0.226 e. The summed E-state index contributed by atoms with van der Waals surface area (Å²) in [6.07, 6.45) is 1.87. The molecule has 0 aliphatic rings. The van der Waals surface area contributed by atoms with Crippen molar-refractivity contribution >= 4 is 11.6 Å². The molecule has 0 aliphatic heterocycles.